The largest absolute Gasteiger partial charge is 0.352 e. The van der Waals surface area contributed by atoms with Crippen molar-refractivity contribution < 1.29 is 0 Å². The summed E-state index contributed by atoms with van der Waals surface area (Å²) in [5.41, 5.74) is 1.00. The molecule has 1 N–H and O–H groups in total. The summed E-state index contributed by atoms with van der Waals surface area (Å²) in [6.45, 7) is 0. The molecule has 0 bridgehead atoms. The summed E-state index contributed by atoms with van der Waals surface area (Å²) in [5.74, 6) is 0. The number of hydrogen-bond donors (Lipinski definition) is 1. The van der Waals surface area contributed by atoms with E-state index in [0.717, 1.165) is 20.4 Å². The Kier molecular flexibility index (Phi) is 1.66. The minimum Gasteiger partial charge on any atom is -0.352 e. The molecule has 0 aliphatic carbocycles. The lowest BCUT2D eigenvalue weighted by Gasteiger charge is -1.92. The van der Waals surface area contributed by atoms with Gasteiger partial charge in [-0.1, -0.05) is 17.7 Å². The maximum atomic E-state index is 5.93. The molecule has 0 aliphatic heterocycles. The molecule has 0 fully saturated rings. The van der Waals surface area contributed by atoms with Crippen LogP contribution in [0.3, 0.4) is 0 Å². The number of aromatic amines is 1. The second kappa shape index (κ2) is 2.54. The maximum Gasteiger partial charge on any atom is 0.0787 e. The molecule has 2 rings (SSSR count). The van der Waals surface area contributed by atoms with Gasteiger partial charge in [0.05, 0.1) is 15.7 Å². The molecule has 1 heterocycles. The van der Waals surface area contributed by atoms with Crippen LogP contribution in [0.15, 0.2) is 22.7 Å². The first-order valence-corrected chi connectivity index (χ1v) is 4.29. The van der Waals surface area contributed by atoms with Crippen LogP contribution in [-0.4, -0.2) is 4.98 Å². The smallest absolute Gasteiger partial charge is 0.0787 e. The number of H-pyrrole nitrogens is 1. The van der Waals surface area contributed by atoms with E-state index in [4.69, 9.17) is 11.6 Å². The monoisotopic (exact) mass is 228 g/mol. The molecule has 1 nitrogen and oxygen atoms in total. The Hall–Kier alpha value is -0.470. The molecule has 0 saturated carbocycles. The molecule has 2 aromatic rings. The summed E-state index contributed by atoms with van der Waals surface area (Å²) in [6.07, 6.45) is 2.92. The molecule has 55 valence electrons. The standard InChI is InChI=1S/C8H4BrClN/c9-5-4-11-7-3-1-2-6(10)8(5)7/h1-3,11H. The lowest BCUT2D eigenvalue weighted by atomic mass is 10.2. The first kappa shape index (κ1) is 7.19. The van der Waals surface area contributed by atoms with E-state index in [2.05, 4.69) is 27.1 Å². The van der Waals surface area contributed by atoms with Crippen LogP contribution in [0, 0.1) is 6.20 Å². The van der Waals surface area contributed by atoms with Crippen molar-refractivity contribution in [3.8, 4) is 0 Å². The third-order valence-corrected chi connectivity index (χ3v) is 2.45. The van der Waals surface area contributed by atoms with Gasteiger partial charge in [0.1, 0.15) is 0 Å². The van der Waals surface area contributed by atoms with Crippen molar-refractivity contribution in [2.75, 3.05) is 0 Å². The number of benzene rings is 1. The lowest BCUT2D eigenvalue weighted by Crippen LogP contribution is -1.67. The van der Waals surface area contributed by atoms with Crippen LogP contribution in [0.25, 0.3) is 10.9 Å². The molecule has 1 aromatic carbocycles. The average Bonchev–Trinajstić information content (AvgIpc) is 2.34. The van der Waals surface area contributed by atoms with Gasteiger partial charge in [0.25, 0.3) is 0 Å². The minimum absolute atomic E-state index is 0.742. The second-order valence-corrected chi connectivity index (χ2v) is 3.43. The number of fused-ring (bicyclic) bond motifs is 1. The first-order valence-electron chi connectivity index (χ1n) is 3.12. The molecule has 3 heteroatoms. The van der Waals surface area contributed by atoms with Gasteiger partial charge in [0.2, 0.25) is 0 Å². The van der Waals surface area contributed by atoms with Gasteiger partial charge in [0, 0.05) is 10.9 Å². The van der Waals surface area contributed by atoms with Crippen molar-refractivity contribution in [2.45, 2.75) is 0 Å². The molecule has 0 spiro atoms. The van der Waals surface area contributed by atoms with E-state index in [-0.39, 0.29) is 0 Å². The van der Waals surface area contributed by atoms with E-state index >= 15 is 0 Å². The lowest BCUT2D eigenvalue weighted by molar-refractivity contribution is 1.45. The summed E-state index contributed by atoms with van der Waals surface area (Å²) >= 11 is 9.28. The van der Waals surface area contributed by atoms with Gasteiger partial charge in [-0.3, -0.25) is 0 Å². The Labute approximate surface area is 77.5 Å². The number of rotatable bonds is 0. The summed E-state index contributed by atoms with van der Waals surface area (Å²) in [5, 5.41) is 1.74. The maximum absolute atomic E-state index is 5.93. The quantitative estimate of drug-likeness (QED) is 0.713. The van der Waals surface area contributed by atoms with Crippen LogP contribution in [0.4, 0.5) is 0 Å². The first-order chi connectivity index (χ1) is 5.29. The minimum atomic E-state index is 0.742. The molecule has 1 aromatic heterocycles. The summed E-state index contributed by atoms with van der Waals surface area (Å²) in [4.78, 5) is 2.97. The Morgan fingerprint density at radius 3 is 3.00 bits per heavy atom. The molecule has 1 radical (unpaired) electrons. The highest BCUT2D eigenvalue weighted by molar-refractivity contribution is 9.10. The third kappa shape index (κ3) is 1.06. The SMILES string of the molecule is Clc1cccc2[nH][c]c(Br)c12. The number of aromatic nitrogens is 1. The normalized spacial score (nSPS) is 10.7. The van der Waals surface area contributed by atoms with E-state index in [1.54, 1.807) is 0 Å². The van der Waals surface area contributed by atoms with Crippen molar-refractivity contribution >= 4 is 38.4 Å². The van der Waals surface area contributed by atoms with Gasteiger partial charge in [-0.15, -0.1) is 0 Å². The van der Waals surface area contributed by atoms with Crippen LogP contribution < -0.4 is 0 Å². The third-order valence-electron chi connectivity index (χ3n) is 1.54. The van der Waals surface area contributed by atoms with E-state index < -0.39 is 0 Å². The van der Waals surface area contributed by atoms with Crippen LogP contribution >= 0.6 is 27.5 Å². The molecular formula is C8H4BrClN. The van der Waals surface area contributed by atoms with Gasteiger partial charge < -0.3 is 4.98 Å². The summed E-state index contributed by atoms with van der Waals surface area (Å²) in [6, 6.07) is 5.72. The van der Waals surface area contributed by atoms with Crippen molar-refractivity contribution in [2.24, 2.45) is 0 Å². The number of nitrogens with one attached hydrogen (secondary N) is 1. The fraction of sp³-hybridized carbons (Fsp3) is 0. The Morgan fingerprint density at radius 2 is 2.27 bits per heavy atom. The van der Waals surface area contributed by atoms with Crippen LogP contribution in [0.2, 0.25) is 5.02 Å². The van der Waals surface area contributed by atoms with Gasteiger partial charge >= 0.3 is 0 Å². The molecule has 0 atom stereocenters. The number of hydrogen-bond acceptors (Lipinski definition) is 0. The topological polar surface area (TPSA) is 15.8 Å². The van der Waals surface area contributed by atoms with Crippen LogP contribution in [0.5, 0.6) is 0 Å². The van der Waals surface area contributed by atoms with Crippen LogP contribution in [-0.2, 0) is 0 Å². The van der Waals surface area contributed by atoms with E-state index in [9.17, 15) is 0 Å². The Morgan fingerprint density at radius 1 is 1.45 bits per heavy atom. The zero-order chi connectivity index (χ0) is 7.84. The second-order valence-electron chi connectivity index (χ2n) is 2.23. The zero-order valence-corrected chi connectivity index (χ0v) is 7.83. The summed E-state index contributed by atoms with van der Waals surface area (Å²) in [7, 11) is 0. The zero-order valence-electron chi connectivity index (χ0n) is 5.49. The van der Waals surface area contributed by atoms with Gasteiger partial charge in [-0.2, -0.15) is 0 Å². The highest BCUT2D eigenvalue weighted by Crippen LogP contribution is 2.29. The Balaban J connectivity index is 2.96. The van der Waals surface area contributed by atoms with Crippen molar-refractivity contribution in [1.29, 1.82) is 0 Å². The molecule has 0 aliphatic rings. The van der Waals surface area contributed by atoms with E-state index in [0.29, 0.717) is 0 Å². The van der Waals surface area contributed by atoms with Gasteiger partial charge in [-0.25, -0.2) is 0 Å². The van der Waals surface area contributed by atoms with E-state index in [1.165, 1.54) is 0 Å². The molecule has 0 unspecified atom stereocenters. The predicted octanol–water partition coefficient (Wildman–Crippen LogP) is 3.38. The van der Waals surface area contributed by atoms with Gasteiger partial charge in [0.15, 0.2) is 0 Å². The highest BCUT2D eigenvalue weighted by atomic mass is 79.9. The summed E-state index contributed by atoms with van der Waals surface area (Å²) < 4.78 is 0.887. The highest BCUT2D eigenvalue weighted by Gasteiger charge is 2.03. The molecule has 0 saturated heterocycles. The van der Waals surface area contributed by atoms with Crippen molar-refractivity contribution in [1.82, 2.24) is 4.98 Å². The molecular weight excluding hydrogens is 225 g/mol. The Bertz CT molecular complexity index is 394. The van der Waals surface area contributed by atoms with Crippen molar-refractivity contribution in [3.63, 3.8) is 0 Å². The fourth-order valence-corrected chi connectivity index (χ4v) is 1.95. The molecule has 11 heavy (non-hydrogen) atoms. The fourth-order valence-electron chi connectivity index (χ4n) is 1.04. The van der Waals surface area contributed by atoms with Crippen molar-refractivity contribution in [3.05, 3.63) is 33.9 Å². The number of halogens is 2. The van der Waals surface area contributed by atoms with Crippen LogP contribution in [0.1, 0.15) is 0 Å². The van der Waals surface area contributed by atoms with E-state index in [1.807, 2.05) is 18.2 Å². The predicted molar refractivity (Wildman–Crippen MR) is 49.8 cm³/mol. The molecule has 0 amide bonds. The van der Waals surface area contributed by atoms with Gasteiger partial charge in [-0.05, 0) is 28.1 Å². The average molecular weight is 229 g/mol.